The van der Waals surface area contributed by atoms with E-state index in [1.165, 1.54) is 0 Å². The van der Waals surface area contributed by atoms with Crippen LogP contribution in [0.2, 0.25) is 0 Å². The van der Waals surface area contributed by atoms with Crippen LogP contribution in [0.5, 0.6) is 0 Å². The Hall–Kier alpha value is -1.35. The molecule has 0 bridgehead atoms. The first kappa shape index (κ1) is 16.0. The normalized spacial score (nSPS) is 22.9. The zero-order chi connectivity index (χ0) is 15.6. The number of hydrogen-bond donors (Lipinski definition) is 1. The second kappa shape index (κ2) is 6.18. The van der Waals surface area contributed by atoms with Gasteiger partial charge in [-0.1, -0.05) is 18.8 Å². The summed E-state index contributed by atoms with van der Waals surface area (Å²) in [6.45, 7) is 6.23. The lowest BCUT2D eigenvalue weighted by atomic mass is 10.1. The maximum Gasteiger partial charge on any atom is 0.243 e. The second-order valence-corrected chi connectivity index (χ2v) is 7.59. The van der Waals surface area contributed by atoms with E-state index in [2.05, 4.69) is 18.8 Å². The number of hydrogen-bond acceptors (Lipinski definition) is 3. The Bertz CT molecular complexity index is 685. The van der Waals surface area contributed by atoms with Gasteiger partial charge < -0.3 is 5.11 Å². The monoisotopic (exact) mass is 307 g/mol. The van der Waals surface area contributed by atoms with Gasteiger partial charge in [-0.3, -0.25) is 0 Å². The molecule has 1 aliphatic rings. The van der Waals surface area contributed by atoms with E-state index >= 15 is 0 Å². The molecule has 1 aromatic carbocycles. The highest BCUT2D eigenvalue weighted by atomic mass is 32.2. The third-order valence-electron chi connectivity index (χ3n) is 3.83. The quantitative estimate of drug-likeness (QED) is 0.847. The van der Waals surface area contributed by atoms with Gasteiger partial charge in [-0.05, 0) is 49.9 Å². The van der Waals surface area contributed by atoms with Crippen LogP contribution in [0.3, 0.4) is 0 Å². The molecule has 21 heavy (non-hydrogen) atoms. The number of benzene rings is 1. The van der Waals surface area contributed by atoms with Gasteiger partial charge in [0.25, 0.3) is 0 Å². The van der Waals surface area contributed by atoms with Crippen molar-refractivity contribution in [2.75, 3.05) is 13.2 Å². The highest BCUT2D eigenvalue weighted by Crippen LogP contribution is 2.29. The Morgan fingerprint density at radius 1 is 1.38 bits per heavy atom. The molecule has 2 rings (SSSR count). The van der Waals surface area contributed by atoms with Gasteiger partial charge in [0.15, 0.2) is 0 Å². The van der Waals surface area contributed by atoms with E-state index in [-0.39, 0.29) is 12.6 Å². The maximum absolute atomic E-state index is 12.7. The van der Waals surface area contributed by atoms with Crippen molar-refractivity contribution in [1.82, 2.24) is 4.31 Å². The van der Waals surface area contributed by atoms with Crippen molar-refractivity contribution < 1.29 is 13.5 Å². The summed E-state index contributed by atoms with van der Waals surface area (Å²) in [5.41, 5.74) is 1.54. The molecule has 1 aromatic rings. The van der Waals surface area contributed by atoms with Crippen molar-refractivity contribution in [1.29, 1.82) is 0 Å². The average molecular weight is 307 g/mol. The Kier molecular flexibility index (Phi) is 4.72. The van der Waals surface area contributed by atoms with Crippen LogP contribution < -0.4 is 0 Å². The van der Waals surface area contributed by atoms with E-state index < -0.39 is 10.0 Å². The van der Waals surface area contributed by atoms with E-state index in [1.807, 2.05) is 13.8 Å². The van der Waals surface area contributed by atoms with Crippen LogP contribution >= 0.6 is 0 Å². The van der Waals surface area contributed by atoms with Crippen molar-refractivity contribution in [3.8, 4) is 11.8 Å². The minimum Gasteiger partial charge on any atom is -0.384 e. The summed E-state index contributed by atoms with van der Waals surface area (Å²) in [7, 11) is -3.44. The molecule has 1 saturated heterocycles. The smallest absolute Gasteiger partial charge is 0.243 e. The predicted molar refractivity (Wildman–Crippen MR) is 82.3 cm³/mol. The highest BCUT2D eigenvalue weighted by molar-refractivity contribution is 7.89. The minimum atomic E-state index is -3.44. The fourth-order valence-corrected chi connectivity index (χ4v) is 4.65. The molecule has 5 heteroatoms. The van der Waals surface area contributed by atoms with Crippen LogP contribution in [0.25, 0.3) is 0 Å². The summed E-state index contributed by atoms with van der Waals surface area (Å²) in [5.74, 6) is 5.79. The highest BCUT2D eigenvalue weighted by Gasteiger charge is 2.36. The summed E-state index contributed by atoms with van der Waals surface area (Å²) in [6.07, 6.45) is 0.901. The molecule has 0 amide bonds. The standard InChI is InChI=1S/C16H21NO3S/c1-12-9-14(3)17(11-12)21(19,20)16-7-6-15(5-4-8-18)13(2)10-16/h6-7,10,12,14,18H,8-9,11H2,1-3H3. The van der Waals surface area contributed by atoms with Gasteiger partial charge >= 0.3 is 0 Å². The topological polar surface area (TPSA) is 57.6 Å². The van der Waals surface area contributed by atoms with Crippen LogP contribution in [-0.4, -0.2) is 37.0 Å². The maximum atomic E-state index is 12.7. The van der Waals surface area contributed by atoms with Gasteiger partial charge in [0.05, 0.1) is 4.90 Å². The predicted octanol–water partition coefficient (Wildman–Crippen LogP) is 1.76. The van der Waals surface area contributed by atoms with Gasteiger partial charge in [-0.2, -0.15) is 4.31 Å². The molecule has 0 radical (unpaired) electrons. The Morgan fingerprint density at radius 3 is 2.62 bits per heavy atom. The lowest BCUT2D eigenvalue weighted by Gasteiger charge is -2.21. The summed E-state index contributed by atoms with van der Waals surface area (Å²) >= 11 is 0. The van der Waals surface area contributed by atoms with Gasteiger partial charge in [0.1, 0.15) is 6.61 Å². The zero-order valence-corrected chi connectivity index (χ0v) is 13.4. The van der Waals surface area contributed by atoms with Gasteiger partial charge in [-0.15, -0.1) is 0 Å². The largest absolute Gasteiger partial charge is 0.384 e. The van der Waals surface area contributed by atoms with E-state index in [4.69, 9.17) is 5.11 Å². The first-order valence-electron chi connectivity index (χ1n) is 7.08. The van der Waals surface area contributed by atoms with Crippen LogP contribution in [-0.2, 0) is 10.0 Å². The third kappa shape index (κ3) is 3.29. The van der Waals surface area contributed by atoms with Crippen molar-refractivity contribution in [3.05, 3.63) is 29.3 Å². The number of nitrogens with zero attached hydrogens (tertiary/aromatic N) is 1. The van der Waals surface area contributed by atoms with Crippen molar-refractivity contribution >= 4 is 10.0 Å². The van der Waals surface area contributed by atoms with E-state index in [9.17, 15) is 8.42 Å². The second-order valence-electron chi connectivity index (χ2n) is 5.70. The molecule has 0 saturated carbocycles. The molecule has 0 spiro atoms. The third-order valence-corrected chi connectivity index (χ3v) is 5.81. The van der Waals surface area contributed by atoms with E-state index in [0.29, 0.717) is 17.4 Å². The number of sulfonamides is 1. The molecule has 1 fully saturated rings. The molecule has 2 atom stereocenters. The van der Waals surface area contributed by atoms with Crippen LogP contribution in [0.1, 0.15) is 31.4 Å². The summed E-state index contributed by atoms with van der Waals surface area (Å²) in [5, 5.41) is 8.72. The molecule has 1 N–H and O–H groups in total. The lowest BCUT2D eigenvalue weighted by molar-refractivity contribution is 0.350. The molecular weight excluding hydrogens is 286 g/mol. The SMILES string of the molecule is Cc1cc(S(=O)(=O)N2CC(C)CC2C)ccc1C#CCO. The first-order chi connectivity index (χ1) is 9.86. The van der Waals surface area contributed by atoms with Crippen LogP contribution in [0.4, 0.5) is 0 Å². The molecule has 1 aliphatic heterocycles. The minimum absolute atomic E-state index is 0.0409. The van der Waals surface area contributed by atoms with Crippen molar-refractivity contribution in [2.24, 2.45) is 5.92 Å². The molecular formula is C16H21NO3S. The molecule has 4 nitrogen and oxygen atoms in total. The van der Waals surface area contributed by atoms with E-state index in [1.54, 1.807) is 22.5 Å². The van der Waals surface area contributed by atoms with Crippen LogP contribution in [0, 0.1) is 24.7 Å². The molecule has 1 heterocycles. The van der Waals surface area contributed by atoms with Crippen molar-refractivity contribution in [2.45, 2.75) is 38.1 Å². The van der Waals surface area contributed by atoms with Gasteiger partial charge in [0, 0.05) is 18.2 Å². The molecule has 0 aromatic heterocycles. The average Bonchev–Trinajstić information content (AvgIpc) is 2.77. The first-order valence-corrected chi connectivity index (χ1v) is 8.52. The zero-order valence-electron chi connectivity index (χ0n) is 12.6. The van der Waals surface area contributed by atoms with Crippen molar-refractivity contribution in [3.63, 3.8) is 0 Å². The summed E-state index contributed by atoms with van der Waals surface area (Å²) in [4.78, 5) is 0.315. The lowest BCUT2D eigenvalue weighted by Crippen LogP contribution is -2.34. The molecule has 114 valence electrons. The van der Waals surface area contributed by atoms with Crippen LogP contribution in [0.15, 0.2) is 23.1 Å². The Morgan fingerprint density at radius 2 is 2.10 bits per heavy atom. The van der Waals surface area contributed by atoms with E-state index in [0.717, 1.165) is 17.5 Å². The fourth-order valence-electron chi connectivity index (χ4n) is 2.80. The number of aliphatic hydroxyl groups excluding tert-OH is 1. The Labute approximate surface area is 126 Å². The van der Waals surface area contributed by atoms with Gasteiger partial charge in [-0.25, -0.2) is 8.42 Å². The Balaban J connectivity index is 2.35. The molecule has 2 unspecified atom stereocenters. The number of aryl methyl sites for hydroxylation is 1. The number of rotatable bonds is 2. The summed E-state index contributed by atoms with van der Waals surface area (Å²) in [6, 6.07) is 5.00. The molecule has 0 aliphatic carbocycles. The van der Waals surface area contributed by atoms with Gasteiger partial charge in [0.2, 0.25) is 10.0 Å². The summed E-state index contributed by atoms with van der Waals surface area (Å²) < 4.78 is 27.0. The fraction of sp³-hybridized carbons (Fsp3) is 0.500. The number of aliphatic hydroxyl groups is 1.